The van der Waals surface area contributed by atoms with Crippen molar-refractivity contribution in [3.63, 3.8) is 0 Å². The first-order valence-electron chi connectivity index (χ1n) is 5.61. The van der Waals surface area contributed by atoms with Crippen molar-refractivity contribution in [3.05, 3.63) is 21.3 Å². The molecule has 92 valence electrons. The molecule has 0 aliphatic carbocycles. The zero-order chi connectivity index (χ0) is 12.1. The van der Waals surface area contributed by atoms with E-state index >= 15 is 0 Å². The van der Waals surface area contributed by atoms with Gasteiger partial charge in [0.05, 0.1) is 16.5 Å². The molecule has 0 aromatic carbocycles. The molecule has 0 spiro atoms. The molecule has 0 aliphatic heterocycles. The maximum atomic E-state index is 5.98. The van der Waals surface area contributed by atoms with Crippen LogP contribution < -0.4 is 5.32 Å². The van der Waals surface area contributed by atoms with Gasteiger partial charge in [0.25, 0.3) is 0 Å². The molecule has 1 heterocycles. The predicted molar refractivity (Wildman–Crippen MR) is 71.4 cm³/mol. The van der Waals surface area contributed by atoms with Crippen molar-refractivity contribution in [2.45, 2.75) is 32.9 Å². The molecule has 4 heteroatoms. The maximum Gasteiger partial charge on any atom is 0.0931 e. The average Bonchev–Trinajstić information content (AvgIpc) is 2.64. The van der Waals surface area contributed by atoms with Crippen LogP contribution in [0.4, 0.5) is 0 Å². The minimum atomic E-state index is 0.176. The fourth-order valence-corrected chi connectivity index (χ4v) is 3.06. The van der Waals surface area contributed by atoms with Gasteiger partial charge in [-0.05, 0) is 24.6 Å². The van der Waals surface area contributed by atoms with Crippen molar-refractivity contribution in [2.24, 2.45) is 5.92 Å². The Morgan fingerprint density at radius 2 is 2.12 bits per heavy atom. The molecule has 0 saturated heterocycles. The van der Waals surface area contributed by atoms with Crippen LogP contribution in [0.2, 0.25) is 4.34 Å². The van der Waals surface area contributed by atoms with Crippen LogP contribution in [0.15, 0.2) is 12.1 Å². The van der Waals surface area contributed by atoms with E-state index in [0.717, 1.165) is 10.9 Å². The van der Waals surface area contributed by atoms with Crippen molar-refractivity contribution in [3.8, 4) is 0 Å². The quantitative estimate of drug-likeness (QED) is 0.843. The molecule has 0 bridgehead atoms. The Bertz CT molecular complexity index is 314. The number of methoxy groups -OCH3 is 1. The molecule has 1 N–H and O–H groups in total. The number of ether oxygens (including phenoxy) is 1. The Kier molecular flexibility index (Phi) is 5.76. The van der Waals surface area contributed by atoms with E-state index in [0.29, 0.717) is 5.92 Å². The molecule has 0 fully saturated rings. The molecule has 0 aliphatic rings. The number of nitrogens with one attached hydrogen (secondary N) is 1. The van der Waals surface area contributed by atoms with E-state index in [9.17, 15) is 0 Å². The van der Waals surface area contributed by atoms with Gasteiger partial charge in [-0.2, -0.15) is 0 Å². The molecular formula is C12H20ClNOS. The second kappa shape index (κ2) is 6.60. The first kappa shape index (κ1) is 14.0. The number of hydrogen-bond acceptors (Lipinski definition) is 3. The lowest BCUT2D eigenvalue weighted by molar-refractivity contribution is 0.0341. The number of likely N-dealkylation sites (N-methyl/N-ethyl adjacent to an activating group) is 1. The number of halogens is 1. The molecule has 1 aromatic heterocycles. The summed E-state index contributed by atoms with van der Waals surface area (Å²) >= 11 is 7.60. The van der Waals surface area contributed by atoms with Gasteiger partial charge in [-0.1, -0.05) is 32.4 Å². The molecule has 2 nitrogen and oxygen atoms in total. The monoisotopic (exact) mass is 261 g/mol. The molecule has 16 heavy (non-hydrogen) atoms. The van der Waals surface area contributed by atoms with Gasteiger partial charge in [-0.25, -0.2) is 0 Å². The molecule has 1 aromatic rings. The van der Waals surface area contributed by atoms with Crippen LogP contribution in [0.1, 0.15) is 31.7 Å². The van der Waals surface area contributed by atoms with E-state index < -0.39 is 0 Å². The Morgan fingerprint density at radius 3 is 2.50 bits per heavy atom. The molecule has 0 amide bonds. The summed E-state index contributed by atoms with van der Waals surface area (Å²) in [5, 5.41) is 3.47. The van der Waals surface area contributed by atoms with Crippen LogP contribution in [-0.4, -0.2) is 19.8 Å². The van der Waals surface area contributed by atoms with E-state index in [1.54, 1.807) is 18.4 Å². The Labute approximate surface area is 107 Å². The largest absolute Gasteiger partial charge is 0.379 e. The second-order valence-corrected chi connectivity index (χ2v) is 5.87. The zero-order valence-electron chi connectivity index (χ0n) is 10.3. The van der Waals surface area contributed by atoms with Crippen LogP contribution in [0.5, 0.6) is 0 Å². The minimum absolute atomic E-state index is 0.176. The Balaban J connectivity index is 2.88. The fourth-order valence-electron chi connectivity index (χ4n) is 1.89. The number of rotatable bonds is 6. The third-order valence-corrected chi connectivity index (χ3v) is 3.90. The van der Waals surface area contributed by atoms with Crippen LogP contribution in [0.25, 0.3) is 0 Å². The lowest BCUT2D eigenvalue weighted by Crippen LogP contribution is -2.36. The summed E-state index contributed by atoms with van der Waals surface area (Å²) < 4.78 is 6.42. The van der Waals surface area contributed by atoms with Crippen LogP contribution in [-0.2, 0) is 4.74 Å². The van der Waals surface area contributed by atoms with E-state index in [4.69, 9.17) is 16.3 Å². The van der Waals surface area contributed by atoms with Crippen LogP contribution in [0.3, 0.4) is 0 Å². The van der Waals surface area contributed by atoms with E-state index in [1.807, 2.05) is 6.07 Å². The van der Waals surface area contributed by atoms with Crippen molar-refractivity contribution < 1.29 is 4.74 Å². The van der Waals surface area contributed by atoms with Crippen LogP contribution in [0, 0.1) is 5.92 Å². The van der Waals surface area contributed by atoms with E-state index in [1.165, 1.54) is 4.88 Å². The maximum absolute atomic E-state index is 5.98. The highest BCUT2D eigenvalue weighted by molar-refractivity contribution is 7.16. The van der Waals surface area contributed by atoms with Gasteiger partial charge in [0, 0.05) is 12.0 Å². The summed E-state index contributed by atoms with van der Waals surface area (Å²) in [5.74, 6) is 0.468. The van der Waals surface area contributed by atoms with Gasteiger partial charge in [-0.15, -0.1) is 11.3 Å². The van der Waals surface area contributed by atoms with E-state index in [2.05, 4.69) is 32.2 Å². The third kappa shape index (κ3) is 3.45. The number of hydrogen-bond donors (Lipinski definition) is 1. The Morgan fingerprint density at radius 1 is 1.44 bits per heavy atom. The Hall–Kier alpha value is -0.0900. The molecule has 1 rings (SSSR count). The summed E-state index contributed by atoms with van der Waals surface area (Å²) in [4.78, 5) is 1.24. The first-order valence-corrected chi connectivity index (χ1v) is 6.81. The van der Waals surface area contributed by atoms with Gasteiger partial charge in [0.15, 0.2) is 0 Å². The van der Waals surface area contributed by atoms with Crippen molar-refractivity contribution >= 4 is 22.9 Å². The van der Waals surface area contributed by atoms with Crippen molar-refractivity contribution in [1.29, 1.82) is 0 Å². The highest BCUT2D eigenvalue weighted by Gasteiger charge is 2.26. The van der Waals surface area contributed by atoms with Crippen molar-refractivity contribution in [2.75, 3.05) is 13.7 Å². The topological polar surface area (TPSA) is 21.3 Å². The summed E-state index contributed by atoms with van der Waals surface area (Å²) in [6, 6.07) is 4.25. The van der Waals surface area contributed by atoms with Gasteiger partial charge in [0.1, 0.15) is 0 Å². The second-order valence-electron chi connectivity index (χ2n) is 4.12. The average molecular weight is 262 g/mol. The van der Waals surface area contributed by atoms with Gasteiger partial charge >= 0.3 is 0 Å². The number of thiophene rings is 1. The summed E-state index contributed by atoms with van der Waals surface area (Å²) in [6.45, 7) is 7.38. The third-order valence-electron chi connectivity index (χ3n) is 2.58. The highest BCUT2D eigenvalue weighted by Crippen LogP contribution is 2.31. The summed E-state index contributed by atoms with van der Waals surface area (Å²) in [6.07, 6.45) is 0.176. The van der Waals surface area contributed by atoms with Gasteiger partial charge < -0.3 is 10.1 Å². The molecule has 2 unspecified atom stereocenters. The van der Waals surface area contributed by atoms with Gasteiger partial charge in [-0.3, -0.25) is 0 Å². The summed E-state index contributed by atoms with van der Waals surface area (Å²) in [5.41, 5.74) is 0. The first-order chi connectivity index (χ1) is 7.60. The molecule has 2 atom stereocenters. The SMILES string of the molecule is CCNC(c1ccc(Cl)s1)C(OC)C(C)C. The lowest BCUT2D eigenvalue weighted by atomic mass is 9.98. The smallest absolute Gasteiger partial charge is 0.0931 e. The van der Waals surface area contributed by atoms with Gasteiger partial charge in [0.2, 0.25) is 0 Å². The standard InChI is InChI=1S/C12H20ClNOS/c1-5-14-11(12(15-4)8(2)3)9-6-7-10(13)16-9/h6-8,11-12,14H,5H2,1-4H3. The lowest BCUT2D eigenvalue weighted by Gasteiger charge is -2.28. The van der Waals surface area contributed by atoms with E-state index in [-0.39, 0.29) is 12.1 Å². The zero-order valence-corrected chi connectivity index (χ0v) is 11.9. The fraction of sp³-hybridized carbons (Fsp3) is 0.667. The predicted octanol–water partition coefficient (Wildman–Crippen LogP) is 3.72. The molecule has 0 radical (unpaired) electrons. The van der Waals surface area contributed by atoms with Crippen molar-refractivity contribution in [1.82, 2.24) is 5.32 Å². The minimum Gasteiger partial charge on any atom is -0.379 e. The molecular weight excluding hydrogens is 242 g/mol. The van der Waals surface area contributed by atoms with Crippen LogP contribution >= 0.6 is 22.9 Å². The molecule has 0 saturated carbocycles. The normalized spacial score (nSPS) is 15.4. The summed E-state index contributed by atoms with van der Waals surface area (Å²) in [7, 11) is 1.77. The highest BCUT2D eigenvalue weighted by atomic mass is 35.5.